The number of nitrogens with one attached hydrogen (secondary N) is 1. The Morgan fingerprint density at radius 2 is 1.90 bits per heavy atom. The number of halogens is 1. The summed E-state index contributed by atoms with van der Waals surface area (Å²) >= 11 is 4.81. The van der Waals surface area contributed by atoms with E-state index in [1.54, 1.807) is 18.2 Å². The highest BCUT2D eigenvalue weighted by atomic mass is 79.9. The van der Waals surface area contributed by atoms with Gasteiger partial charge in [-0.15, -0.1) is 11.3 Å². The lowest BCUT2D eigenvalue weighted by Gasteiger charge is -2.14. The van der Waals surface area contributed by atoms with Crippen LogP contribution in [0.3, 0.4) is 0 Å². The van der Waals surface area contributed by atoms with Crippen molar-refractivity contribution < 1.29 is 9.59 Å². The lowest BCUT2D eigenvalue weighted by Crippen LogP contribution is -2.35. The molecule has 3 rings (SSSR count). The summed E-state index contributed by atoms with van der Waals surface area (Å²) in [7, 11) is 0. The van der Waals surface area contributed by atoms with Crippen molar-refractivity contribution in [1.82, 2.24) is 5.43 Å². The maximum absolute atomic E-state index is 12.3. The fourth-order valence-electron chi connectivity index (χ4n) is 1.85. The van der Waals surface area contributed by atoms with Gasteiger partial charge >= 0.3 is 0 Å². The molecule has 4 nitrogen and oxygen atoms in total. The molecule has 1 fully saturated rings. The van der Waals surface area contributed by atoms with Gasteiger partial charge in [0.1, 0.15) is 5.57 Å². The lowest BCUT2D eigenvalue weighted by molar-refractivity contribution is -0.117. The number of amides is 2. The Morgan fingerprint density at radius 3 is 2.55 bits per heavy atom. The van der Waals surface area contributed by atoms with E-state index in [0.717, 1.165) is 9.35 Å². The molecule has 2 aromatic rings. The predicted octanol–water partition coefficient (Wildman–Crippen LogP) is 2.97. The number of benzene rings is 1. The SMILES string of the molecule is O=C1NN(c2ccc(Br)cc2)C(=O)/C1=C/c1cccs1. The van der Waals surface area contributed by atoms with Crippen LogP contribution in [0.1, 0.15) is 4.88 Å². The van der Waals surface area contributed by atoms with E-state index in [1.165, 1.54) is 16.3 Å². The molecule has 6 heteroatoms. The van der Waals surface area contributed by atoms with Gasteiger partial charge in [-0.05, 0) is 41.8 Å². The molecule has 1 aromatic carbocycles. The molecule has 20 heavy (non-hydrogen) atoms. The number of nitrogens with zero attached hydrogens (tertiary/aromatic N) is 1. The van der Waals surface area contributed by atoms with Gasteiger partial charge in [0.05, 0.1) is 5.69 Å². The number of carbonyl (C=O) groups is 2. The lowest BCUT2D eigenvalue weighted by atomic mass is 10.2. The summed E-state index contributed by atoms with van der Waals surface area (Å²) in [6, 6.07) is 10.9. The molecule has 1 N–H and O–H groups in total. The van der Waals surface area contributed by atoms with E-state index in [9.17, 15) is 9.59 Å². The first-order valence-corrected chi connectivity index (χ1v) is 7.48. The second kappa shape index (κ2) is 5.22. The molecule has 1 saturated heterocycles. The molecule has 0 atom stereocenters. The van der Waals surface area contributed by atoms with E-state index in [4.69, 9.17) is 0 Å². The Labute approximate surface area is 127 Å². The number of anilines is 1. The zero-order chi connectivity index (χ0) is 14.1. The number of hydrogen-bond acceptors (Lipinski definition) is 3. The summed E-state index contributed by atoms with van der Waals surface area (Å²) in [4.78, 5) is 25.1. The number of rotatable bonds is 2. The number of carbonyl (C=O) groups excluding carboxylic acids is 2. The molecule has 0 bridgehead atoms. The second-order valence-electron chi connectivity index (χ2n) is 4.13. The topological polar surface area (TPSA) is 49.4 Å². The van der Waals surface area contributed by atoms with Gasteiger partial charge in [-0.2, -0.15) is 0 Å². The van der Waals surface area contributed by atoms with Gasteiger partial charge in [0.2, 0.25) is 0 Å². The van der Waals surface area contributed by atoms with Gasteiger partial charge in [-0.1, -0.05) is 22.0 Å². The molecular weight excluding hydrogens is 340 g/mol. The van der Waals surface area contributed by atoms with Crippen molar-refractivity contribution in [3.63, 3.8) is 0 Å². The Hall–Kier alpha value is -1.92. The van der Waals surface area contributed by atoms with E-state index in [-0.39, 0.29) is 17.4 Å². The van der Waals surface area contributed by atoms with Crippen LogP contribution in [0.25, 0.3) is 6.08 Å². The average Bonchev–Trinajstić information content (AvgIpc) is 3.04. The first-order valence-electron chi connectivity index (χ1n) is 5.81. The van der Waals surface area contributed by atoms with Crippen LogP contribution in [0.15, 0.2) is 51.8 Å². The molecule has 2 amide bonds. The quantitative estimate of drug-likeness (QED) is 0.669. The van der Waals surface area contributed by atoms with Crippen LogP contribution in [0, 0.1) is 0 Å². The zero-order valence-electron chi connectivity index (χ0n) is 10.2. The van der Waals surface area contributed by atoms with E-state index in [1.807, 2.05) is 29.6 Å². The van der Waals surface area contributed by atoms with Crippen LogP contribution in [0.4, 0.5) is 5.69 Å². The van der Waals surface area contributed by atoms with Crippen molar-refractivity contribution >= 4 is 50.8 Å². The number of hydrogen-bond donors (Lipinski definition) is 1. The number of thiophene rings is 1. The van der Waals surface area contributed by atoms with E-state index in [0.29, 0.717) is 5.69 Å². The largest absolute Gasteiger partial charge is 0.282 e. The standard InChI is InChI=1S/C14H9BrN2O2S/c15-9-3-5-10(6-4-9)17-14(19)12(13(18)16-17)8-11-2-1-7-20-11/h1-8H,(H,16,18)/b12-8+. The molecule has 1 aliphatic heterocycles. The van der Waals surface area contributed by atoms with Crippen LogP contribution in [-0.2, 0) is 9.59 Å². The summed E-state index contributed by atoms with van der Waals surface area (Å²) in [6.45, 7) is 0. The Bertz CT molecular complexity index is 692. The molecule has 0 unspecified atom stereocenters. The highest BCUT2D eigenvalue weighted by molar-refractivity contribution is 9.10. The van der Waals surface area contributed by atoms with Gasteiger partial charge in [-0.25, -0.2) is 5.01 Å². The maximum Gasteiger partial charge on any atom is 0.282 e. The highest BCUT2D eigenvalue weighted by Crippen LogP contribution is 2.24. The van der Waals surface area contributed by atoms with Crippen molar-refractivity contribution in [2.24, 2.45) is 0 Å². The zero-order valence-corrected chi connectivity index (χ0v) is 12.6. The molecular formula is C14H9BrN2O2S. The number of hydrazine groups is 1. The van der Waals surface area contributed by atoms with Crippen molar-refractivity contribution in [2.45, 2.75) is 0 Å². The summed E-state index contributed by atoms with van der Waals surface area (Å²) in [6.07, 6.45) is 1.61. The Balaban J connectivity index is 1.92. The molecule has 0 saturated carbocycles. The molecule has 100 valence electrons. The Morgan fingerprint density at radius 1 is 1.15 bits per heavy atom. The maximum atomic E-state index is 12.3. The van der Waals surface area contributed by atoms with Crippen LogP contribution in [0.2, 0.25) is 0 Å². The Kier molecular flexibility index (Phi) is 3.42. The van der Waals surface area contributed by atoms with Crippen molar-refractivity contribution in [3.05, 3.63) is 56.7 Å². The molecule has 1 aromatic heterocycles. The van der Waals surface area contributed by atoms with Crippen LogP contribution in [0.5, 0.6) is 0 Å². The molecule has 0 aliphatic carbocycles. The van der Waals surface area contributed by atoms with Crippen molar-refractivity contribution in [3.8, 4) is 0 Å². The predicted molar refractivity (Wildman–Crippen MR) is 82.1 cm³/mol. The summed E-state index contributed by atoms with van der Waals surface area (Å²) < 4.78 is 0.911. The third kappa shape index (κ3) is 2.39. The minimum absolute atomic E-state index is 0.148. The minimum Gasteiger partial charge on any atom is -0.267 e. The monoisotopic (exact) mass is 348 g/mol. The molecule has 0 radical (unpaired) electrons. The molecule has 0 spiro atoms. The smallest absolute Gasteiger partial charge is 0.267 e. The van der Waals surface area contributed by atoms with Crippen molar-refractivity contribution in [1.29, 1.82) is 0 Å². The average molecular weight is 349 g/mol. The third-order valence-corrected chi connectivity index (χ3v) is 4.15. The molecule has 1 aliphatic rings. The van der Waals surface area contributed by atoms with E-state index < -0.39 is 0 Å². The van der Waals surface area contributed by atoms with E-state index in [2.05, 4.69) is 21.4 Å². The summed E-state index contributed by atoms with van der Waals surface area (Å²) in [5, 5.41) is 3.16. The highest BCUT2D eigenvalue weighted by Gasteiger charge is 2.34. The third-order valence-electron chi connectivity index (χ3n) is 2.81. The van der Waals surface area contributed by atoms with Gasteiger partial charge in [0, 0.05) is 9.35 Å². The fraction of sp³-hybridized carbons (Fsp3) is 0. The van der Waals surface area contributed by atoms with Gasteiger partial charge < -0.3 is 0 Å². The van der Waals surface area contributed by atoms with Gasteiger partial charge in [0.15, 0.2) is 0 Å². The first kappa shape index (κ1) is 13.1. The van der Waals surface area contributed by atoms with Crippen LogP contribution < -0.4 is 10.4 Å². The van der Waals surface area contributed by atoms with Gasteiger partial charge in [-0.3, -0.25) is 15.0 Å². The minimum atomic E-state index is -0.383. The van der Waals surface area contributed by atoms with Crippen LogP contribution in [-0.4, -0.2) is 11.8 Å². The van der Waals surface area contributed by atoms with Gasteiger partial charge in [0.25, 0.3) is 11.8 Å². The molecule has 2 heterocycles. The second-order valence-corrected chi connectivity index (χ2v) is 6.03. The van der Waals surface area contributed by atoms with Crippen LogP contribution >= 0.6 is 27.3 Å². The normalized spacial score (nSPS) is 16.9. The summed E-state index contributed by atoms with van der Waals surface area (Å²) in [5.74, 6) is -0.725. The summed E-state index contributed by atoms with van der Waals surface area (Å²) in [5.41, 5.74) is 3.34. The first-order chi connectivity index (χ1) is 9.65. The van der Waals surface area contributed by atoms with E-state index >= 15 is 0 Å². The van der Waals surface area contributed by atoms with Crippen molar-refractivity contribution in [2.75, 3.05) is 5.01 Å². The fourth-order valence-corrected chi connectivity index (χ4v) is 2.77.